The number of carboxylic acids is 1. The first-order valence-electron chi connectivity index (χ1n) is 42.4. The third-order valence-corrected chi connectivity index (χ3v) is 19.2. The van der Waals surface area contributed by atoms with Crippen LogP contribution in [0.25, 0.3) is 0 Å². The number of likely N-dealkylation sites (N-methyl/N-ethyl adjacent to an activating group) is 1. The van der Waals surface area contributed by atoms with Gasteiger partial charge in [0.1, 0.15) is 13.2 Å². The molecule has 0 heterocycles. The Bertz CT molecular complexity index is 1780. The molecule has 2 atom stereocenters. The molecule has 0 fully saturated rings. The fourth-order valence-corrected chi connectivity index (χ4v) is 12.8. The van der Waals surface area contributed by atoms with Crippen LogP contribution in [0.2, 0.25) is 0 Å². The average Bonchev–Trinajstić information content (AvgIpc) is 3.27. The Hall–Kier alpha value is -3.01. The van der Waals surface area contributed by atoms with Crippen LogP contribution in [0.3, 0.4) is 0 Å². The van der Waals surface area contributed by atoms with Crippen LogP contribution in [0.15, 0.2) is 60.8 Å². The first-order valence-corrected chi connectivity index (χ1v) is 42.4. The van der Waals surface area contributed by atoms with E-state index in [1.54, 1.807) is 0 Å². The number of esters is 2. The van der Waals surface area contributed by atoms with E-state index in [-0.39, 0.29) is 32.2 Å². The van der Waals surface area contributed by atoms with E-state index >= 15 is 0 Å². The highest BCUT2D eigenvalue weighted by molar-refractivity contribution is 5.70. The lowest BCUT2D eigenvalue weighted by Crippen LogP contribution is -2.44. The van der Waals surface area contributed by atoms with E-state index in [1.807, 2.05) is 21.1 Å². The molecule has 0 spiro atoms. The Kier molecular flexibility index (Phi) is 76.3. The number of nitrogens with zero attached hydrogens (tertiary/aromatic N) is 1. The standard InChI is InChI=1S/C88H163NO8/c1-6-8-10-12-14-16-18-20-22-24-26-28-30-32-34-36-38-39-40-41-42-43-44-45-46-47-49-51-53-55-57-59-61-63-65-67-69-71-73-75-77-79-86(91)97-84(83-96-88(87(92)93)94-81-80-89(3,4)5)82-95-85(90)78-76-74-72-70-68-66-64-62-60-58-56-54-52-50-48-37-35-33-31-29-27-25-23-21-19-17-15-13-11-9-7-2/h8,10,14,16,20,22,25-28,84,88H,6-7,9,11-13,15,17-19,21,23-24,29-83H2,1-5H3/b10-8-,16-14-,22-20-,27-25-,28-26-. The molecular weight excluding hydrogens is 1200 g/mol. The zero-order valence-electron chi connectivity index (χ0n) is 65.2. The van der Waals surface area contributed by atoms with E-state index in [2.05, 4.69) is 74.6 Å². The van der Waals surface area contributed by atoms with Crippen LogP contribution in [-0.2, 0) is 33.3 Å². The summed E-state index contributed by atoms with van der Waals surface area (Å²) in [6.07, 6.45) is 102. The van der Waals surface area contributed by atoms with Gasteiger partial charge >= 0.3 is 11.9 Å². The van der Waals surface area contributed by atoms with Crippen LogP contribution in [0, 0.1) is 0 Å². The van der Waals surface area contributed by atoms with Crippen molar-refractivity contribution in [1.82, 2.24) is 0 Å². The lowest BCUT2D eigenvalue weighted by atomic mass is 10.0. The average molecular weight is 1360 g/mol. The number of aliphatic carboxylic acids is 1. The molecule has 0 bridgehead atoms. The topological polar surface area (TPSA) is 111 Å². The van der Waals surface area contributed by atoms with Gasteiger partial charge in [-0.1, -0.05) is 396 Å². The molecule has 0 aliphatic rings. The zero-order valence-corrected chi connectivity index (χ0v) is 65.2. The van der Waals surface area contributed by atoms with E-state index in [0.717, 1.165) is 64.2 Å². The van der Waals surface area contributed by atoms with Gasteiger partial charge in [0, 0.05) is 12.8 Å². The molecule has 0 aliphatic heterocycles. The van der Waals surface area contributed by atoms with Gasteiger partial charge in [0.15, 0.2) is 12.4 Å². The molecule has 9 nitrogen and oxygen atoms in total. The molecule has 9 heteroatoms. The Morgan fingerprint density at radius 3 is 0.887 bits per heavy atom. The van der Waals surface area contributed by atoms with Crippen molar-refractivity contribution < 1.29 is 42.9 Å². The quantitative estimate of drug-likeness (QED) is 0.0195. The van der Waals surface area contributed by atoms with Crippen LogP contribution in [-0.4, -0.2) is 82.3 Å². The van der Waals surface area contributed by atoms with Gasteiger partial charge in [-0.2, -0.15) is 0 Å². The van der Waals surface area contributed by atoms with Crippen LogP contribution in [0.4, 0.5) is 0 Å². The maximum Gasteiger partial charge on any atom is 0.306 e. The first kappa shape index (κ1) is 94.0. The van der Waals surface area contributed by atoms with Gasteiger partial charge < -0.3 is 33.3 Å². The lowest BCUT2D eigenvalue weighted by molar-refractivity contribution is -0.870. The van der Waals surface area contributed by atoms with Crippen molar-refractivity contribution >= 4 is 17.9 Å². The predicted octanol–water partition coefficient (Wildman–Crippen LogP) is 26.0. The van der Waals surface area contributed by atoms with Crippen molar-refractivity contribution in [3.05, 3.63) is 60.8 Å². The van der Waals surface area contributed by atoms with Crippen molar-refractivity contribution in [1.29, 1.82) is 0 Å². The van der Waals surface area contributed by atoms with Crippen molar-refractivity contribution in [2.45, 2.75) is 437 Å². The number of ether oxygens (including phenoxy) is 4. The number of rotatable bonds is 80. The van der Waals surface area contributed by atoms with Crippen molar-refractivity contribution in [3.63, 3.8) is 0 Å². The fraction of sp³-hybridized carbons (Fsp3) is 0.852. The summed E-state index contributed by atoms with van der Waals surface area (Å²) in [5.41, 5.74) is 0. The van der Waals surface area contributed by atoms with Crippen molar-refractivity contribution in [2.75, 3.05) is 47.5 Å². The normalized spacial score (nSPS) is 12.9. The van der Waals surface area contributed by atoms with Crippen LogP contribution in [0.5, 0.6) is 0 Å². The zero-order chi connectivity index (χ0) is 70.4. The molecule has 0 N–H and O–H groups in total. The van der Waals surface area contributed by atoms with Gasteiger partial charge in [-0.05, 0) is 77.0 Å². The molecule has 0 amide bonds. The molecule has 0 radical (unpaired) electrons. The summed E-state index contributed by atoms with van der Waals surface area (Å²) in [4.78, 5) is 37.6. The first-order chi connectivity index (χ1) is 47.6. The SMILES string of the molecule is CC/C=C\C/C=C\C/C=C\C/C=C\CCCCCCCCCCCCCCCCCCCCCCCCCCCCCCC(=O)OC(COC(=O)CCCCCCCCCCCCCCCCCCCCC/C=C\CCCCCCCCCC)COC(OCC[N+](C)(C)C)C(=O)[O-]. The molecule has 0 saturated heterocycles. The third kappa shape index (κ3) is 80.2. The van der Waals surface area contributed by atoms with Gasteiger partial charge in [-0.15, -0.1) is 0 Å². The lowest BCUT2D eigenvalue weighted by Gasteiger charge is -2.26. The largest absolute Gasteiger partial charge is 0.545 e. The second kappa shape index (κ2) is 78.7. The molecular formula is C88H163NO8. The van der Waals surface area contributed by atoms with Crippen molar-refractivity contribution in [3.8, 4) is 0 Å². The van der Waals surface area contributed by atoms with E-state index in [9.17, 15) is 19.5 Å². The van der Waals surface area contributed by atoms with Gasteiger partial charge in [0.05, 0.1) is 40.3 Å². The Morgan fingerprint density at radius 1 is 0.320 bits per heavy atom. The number of hydrogen-bond acceptors (Lipinski definition) is 8. The smallest absolute Gasteiger partial charge is 0.306 e. The molecule has 0 aromatic heterocycles. The summed E-state index contributed by atoms with van der Waals surface area (Å²) in [5, 5.41) is 11.9. The molecule has 568 valence electrons. The molecule has 2 unspecified atom stereocenters. The number of allylic oxidation sites excluding steroid dienone is 10. The van der Waals surface area contributed by atoms with Crippen LogP contribution in [0.1, 0.15) is 425 Å². The number of carboxylic acid groups (broad SMARTS) is 1. The maximum absolute atomic E-state index is 13.0. The minimum absolute atomic E-state index is 0.151. The Balaban J connectivity index is 3.92. The van der Waals surface area contributed by atoms with Gasteiger partial charge in [0.2, 0.25) is 0 Å². The molecule has 0 aromatic rings. The van der Waals surface area contributed by atoms with Gasteiger partial charge in [-0.25, -0.2) is 0 Å². The van der Waals surface area contributed by atoms with Gasteiger partial charge in [-0.3, -0.25) is 9.59 Å². The van der Waals surface area contributed by atoms with E-state index in [1.165, 1.54) is 334 Å². The number of quaternary nitrogens is 1. The minimum atomic E-state index is -1.62. The van der Waals surface area contributed by atoms with Gasteiger partial charge in [0.25, 0.3) is 0 Å². The molecule has 0 aromatic carbocycles. The number of hydrogen-bond donors (Lipinski definition) is 0. The molecule has 0 aliphatic carbocycles. The van der Waals surface area contributed by atoms with E-state index < -0.39 is 24.3 Å². The molecule has 0 saturated carbocycles. The summed E-state index contributed by atoms with van der Waals surface area (Å²) in [6, 6.07) is 0. The Morgan fingerprint density at radius 2 is 0.588 bits per heavy atom. The third-order valence-electron chi connectivity index (χ3n) is 19.2. The monoisotopic (exact) mass is 1360 g/mol. The summed E-state index contributed by atoms with van der Waals surface area (Å²) >= 11 is 0. The summed E-state index contributed by atoms with van der Waals surface area (Å²) in [5.74, 6) is -2.25. The van der Waals surface area contributed by atoms with Crippen LogP contribution >= 0.6 is 0 Å². The minimum Gasteiger partial charge on any atom is -0.545 e. The predicted molar refractivity (Wildman–Crippen MR) is 417 cm³/mol. The van der Waals surface area contributed by atoms with Crippen molar-refractivity contribution in [2.24, 2.45) is 0 Å². The van der Waals surface area contributed by atoms with E-state index in [0.29, 0.717) is 17.4 Å². The highest BCUT2D eigenvalue weighted by Crippen LogP contribution is 2.20. The highest BCUT2D eigenvalue weighted by atomic mass is 16.7. The Labute approximate surface area is 603 Å². The number of carbonyl (C=O) groups excluding carboxylic acids is 3. The molecule has 0 rings (SSSR count). The van der Waals surface area contributed by atoms with Crippen LogP contribution < -0.4 is 5.11 Å². The summed E-state index contributed by atoms with van der Waals surface area (Å²) in [7, 11) is 5.95. The highest BCUT2D eigenvalue weighted by Gasteiger charge is 2.22. The maximum atomic E-state index is 13.0. The summed E-state index contributed by atoms with van der Waals surface area (Å²) < 4.78 is 22.9. The number of carbonyl (C=O) groups is 3. The van der Waals surface area contributed by atoms with E-state index in [4.69, 9.17) is 18.9 Å². The second-order valence-electron chi connectivity index (χ2n) is 30.1. The molecule has 97 heavy (non-hydrogen) atoms. The number of unbranched alkanes of at least 4 members (excludes halogenated alkanes) is 55. The second-order valence-corrected chi connectivity index (χ2v) is 30.1. The fourth-order valence-electron chi connectivity index (χ4n) is 12.8. The summed E-state index contributed by atoms with van der Waals surface area (Å²) in [6.45, 7) is 4.71.